The molecule has 1 fully saturated rings. The van der Waals surface area contributed by atoms with Crippen molar-refractivity contribution < 1.29 is 9.53 Å². The Balaban J connectivity index is 1.18. The van der Waals surface area contributed by atoms with Crippen molar-refractivity contribution in [3.63, 3.8) is 0 Å². The van der Waals surface area contributed by atoms with E-state index in [1.165, 1.54) is 4.63 Å². The van der Waals surface area contributed by atoms with Crippen LogP contribution in [0, 0.1) is 5.92 Å². The molecule has 2 aromatic heterocycles. The van der Waals surface area contributed by atoms with E-state index in [1.54, 1.807) is 0 Å². The lowest BCUT2D eigenvalue weighted by Gasteiger charge is -2.31. The number of anilines is 2. The highest BCUT2D eigenvalue weighted by Gasteiger charge is 2.26. The van der Waals surface area contributed by atoms with Crippen molar-refractivity contribution in [3.05, 3.63) is 66.7 Å². The molecule has 9 nitrogen and oxygen atoms in total. The highest BCUT2D eigenvalue weighted by Crippen LogP contribution is 2.26. The molecule has 1 aliphatic rings. The standard InChI is InChI=1S/C22H21N7O2/c30-22(23-17-5-4-8-19(15-17)31-18-6-2-1-3-7-18)16-11-13-28(14-12-16)21-10-9-20-24-26-27-29(20)25-21/h1-10,15-16H,11-14H2,(H,23,30). The number of nitrogens with zero attached hydrogens (tertiary/aromatic N) is 6. The maximum Gasteiger partial charge on any atom is 0.227 e. The summed E-state index contributed by atoms with van der Waals surface area (Å²) in [5.41, 5.74) is 1.34. The number of ether oxygens (including phenoxy) is 1. The van der Waals surface area contributed by atoms with Crippen molar-refractivity contribution in [2.24, 2.45) is 5.92 Å². The molecule has 0 atom stereocenters. The molecule has 0 unspecified atom stereocenters. The number of fused-ring (bicyclic) bond motifs is 1. The molecule has 0 saturated carbocycles. The molecule has 9 heteroatoms. The smallest absolute Gasteiger partial charge is 0.227 e. The Kier molecular flexibility index (Phi) is 5.14. The first kappa shape index (κ1) is 19.0. The lowest BCUT2D eigenvalue weighted by Crippen LogP contribution is -2.38. The number of hydrogen-bond donors (Lipinski definition) is 1. The van der Waals surface area contributed by atoms with Crippen molar-refractivity contribution in [3.8, 4) is 11.5 Å². The van der Waals surface area contributed by atoms with Gasteiger partial charge >= 0.3 is 0 Å². The van der Waals surface area contributed by atoms with Gasteiger partial charge < -0.3 is 15.0 Å². The molecule has 156 valence electrons. The van der Waals surface area contributed by atoms with Crippen LogP contribution in [0.25, 0.3) is 5.65 Å². The number of benzene rings is 2. The van der Waals surface area contributed by atoms with Crippen LogP contribution in [0.15, 0.2) is 66.7 Å². The van der Waals surface area contributed by atoms with E-state index in [0.717, 1.165) is 43.2 Å². The maximum atomic E-state index is 12.8. The van der Waals surface area contributed by atoms with Gasteiger partial charge in [-0.15, -0.1) is 14.8 Å². The summed E-state index contributed by atoms with van der Waals surface area (Å²) in [5, 5.41) is 18.8. The van der Waals surface area contributed by atoms with E-state index in [1.807, 2.05) is 66.7 Å². The lowest BCUT2D eigenvalue weighted by molar-refractivity contribution is -0.120. The summed E-state index contributed by atoms with van der Waals surface area (Å²) in [6, 6.07) is 20.8. The zero-order valence-corrected chi connectivity index (χ0v) is 16.8. The van der Waals surface area contributed by atoms with Gasteiger partial charge in [0.2, 0.25) is 5.91 Å². The second kappa shape index (κ2) is 8.39. The van der Waals surface area contributed by atoms with Crippen LogP contribution >= 0.6 is 0 Å². The summed E-state index contributed by atoms with van der Waals surface area (Å²) in [5.74, 6) is 2.23. The average molecular weight is 415 g/mol. The number of amides is 1. The minimum Gasteiger partial charge on any atom is -0.457 e. The quantitative estimate of drug-likeness (QED) is 0.535. The molecule has 31 heavy (non-hydrogen) atoms. The largest absolute Gasteiger partial charge is 0.457 e. The van der Waals surface area contributed by atoms with Crippen LogP contribution < -0.4 is 15.0 Å². The molecule has 3 heterocycles. The first-order chi connectivity index (χ1) is 15.2. The third-order valence-corrected chi connectivity index (χ3v) is 5.33. The van der Waals surface area contributed by atoms with Crippen LogP contribution in [-0.2, 0) is 4.79 Å². The van der Waals surface area contributed by atoms with Crippen molar-refractivity contribution in [2.45, 2.75) is 12.8 Å². The van der Waals surface area contributed by atoms with E-state index >= 15 is 0 Å². The number of nitrogens with one attached hydrogen (secondary N) is 1. The topological polar surface area (TPSA) is 97.5 Å². The number of aromatic nitrogens is 5. The van der Waals surface area contributed by atoms with Crippen LogP contribution in [0.2, 0.25) is 0 Å². The summed E-state index contributed by atoms with van der Waals surface area (Å²) >= 11 is 0. The van der Waals surface area contributed by atoms with Gasteiger partial charge in [0.25, 0.3) is 0 Å². The Morgan fingerprint density at radius 2 is 1.77 bits per heavy atom. The van der Waals surface area contributed by atoms with Crippen LogP contribution in [0.1, 0.15) is 12.8 Å². The number of piperidine rings is 1. The number of rotatable bonds is 5. The summed E-state index contributed by atoms with van der Waals surface area (Å²) in [6.45, 7) is 1.49. The Labute approximate surface area is 178 Å². The predicted molar refractivity (Wildman–Crippen MR) is 115 cm³/mol. The molecule has 0 spiro atoms. The van der Waals surface area contributed by atoms with E-state index in [2.05, 4.69) is 30.8 Å². The fourth-order valence-corrected chi connectivity index (χ4v) is 3.69. The molecule has 0 bridgehead atoms. The van der Waals surface area contributed by atoms with Gasteiger partial charge in [-0.2, -0.15) is 0 Å². The zero-order chi connectivity index (χ0) is 21.0. The molecule has 1 aliphatic heterocycles. The molecular weight excluding hydrogens is 394 g/mol. The van der Waals surface area contributed by atoms with Crippen LogP contribution in [0.5, 0.6) is 11.5 Å². The van der Waals surface area contributed by atoms with Gasteiger partial charge in [0.1, 0.15) is 11.5 Å². The molecular formula is C22H21N7O2. The Hall–Kier alpha value is -4.01. The van der Waals surface area contributed by atoms with Gasteiger partial charge in [0, 0.05) is 30.8 Å². The minimum atomic E-state index is -0.0493. The van der Waals surface area contributed by atoms with E-state index < -0.39 is 0 Å². The monoisotopic (exact) mass is 415 g/mol. The summed E-state index contributed by atoms with van der Waals surface area (Å²) in [7, 11) is 0. The third-order valence-electron chi connectivity index (χ3n) is 5.33. The van der Waals surface area contributed by atoms with Crippen LogP contribution in [0.4, 0.5) is 11.5 Å². The highest BCUT2D eigenvalue weighted by atomic mass is 16.5. The summed E-state index contributed by atoms with van der Waals surface area (Å²) in [6.07, 6.45) is 1.50. The third kappa shape index (κ3) is 4.30. The van der Waals surface area contributed by atoms with Gasteiger partial charge in [-0.1, -0.05) is 24.3 Å². The van der Waals surface area contributed by atoms with Crippen molar-refractivity contribution >= 4 is 23.1 Å². The Morgan fingerprint density at radius 1 is 0.968 bits per heavy atom. The van der Waals surface area contributed by atoms with Gasteiger partial charge in [-0.3, -0.25) is 4.79 Å². The van der Waals surface area contributed by atoms with E-state index in [9.17, 15) is 4.79 Å². The normalized spacial score (nSPS) is 14.5. The molecule has 4 aromatic rings. The number of carbonyl (C=O) groups is 1. The zero-order valence-electron chi connectivity index (χ0n) is 16.8. The molecule has 5 rings (SSSR count). The molecule has 0 aliphatic carbocycles. The van der Waals surface area contributed by atoms with Gasteiger partial charge in [-0.25, -0.2) is 0 Å². The van der Waals surface area contributed by atoms with E-state index in [0.29, 0.717) is 11.4 Å². The van der Waals surface area contributed by atoms with Crippen molar-refractivity contribution in [2.75, 3.05) is 23.3 Å². The highest BCUT2D eigenvalue weighted by molar-refractivity contribution is 5.92. The second-order valence-corrected chi connectivity index (χ2v) is 7.41. The predicted octanol–water partition coefficient (Wildman–Crippen LogP) is 3.17. The lowest BCUT2D eigenvalue weighted by atomic mass is 9.96. The Bertz CT molecular complexity index is 1190. The van der Waals surface area contributed by atoms with E-state index in [-0.39, 0.29) is 11.8 Å². The van der Waals surface area contributed by atoms with E-state index in [4.69, 9.17) is 4.74 Å². The summed E-state index contributed by atoms with van der Waals surface area (Å²) in [4.78, 5) is 15.0. The van der Waals surface area contributed by atoms with Crippen LogP contribution in [0.3, 0.4) is 0 Å². The summed E-state index contributed by atoms with van der Waals surface area (Å²) < 4.78 is 7.27. The number of carbonyl (C=O) groups excluding carboxylic acids is 1. The fourth-order valence-electron chi connectivity index (χ4n) is 3.69. The first-order valence-corrected chi connectivity index (χ1v) is 10.2. The van der Waals surface area contributed by atoms with Crippen molar-refractivity contribution in [1.29, 1.82) is 0 Å². The van der Waals surface area contributed by atoms with Gasteiger partial charge in [0.15, 0.2) is 11.5 Å². The Morgan fingerprint density at radius 3 is 2.61 bits per heavy atom. The van der Waals surface area contributed by atoms with Gasteiger partial charge in [-0.05, 0) is 59.7 Å². The number of para-hydroxylation sites is 1. The fraction of sp³-hybridized carbons (Fsp3) is 0.227. The molecule has 1 N–H and O–H groups in total. The minimum absolute atomic E-state index is 0.0281. The second-order valence-electron chi connectivity index (χ2n) is 7.41. The first-order valence-electron chi connectivity index (χ1n) is 10.2. The molecule has 0 radical (unpaired) electrons. The van der Waals surface area contributed by atoms with Gasteiger partial charge in [0.05, 0.1) is 0 Å². The maximum absolute atomic E-state index is 12.8. The molecule has 1 amide bonds. The van der Waals surface area contributed by atoms with Crippen molar-refractivity contribution in [1.82, 2.24) is 25.3 Å². The number of hydrogen-bond acceptors (Lipinski definition) is 7. The molecule has 2 aromatic carbocycles. The molecule has 1 saturated heterocycles. The van der Waals surface area contributed by atoms with Crippen LogP contribution in [-0.4, -0.2) is 44.3 Å². The SMILES string of the molecule is O=C(Nc1cccc(Oc2ccccc2)c1)C1CCN(c2ccc3nnnn3n2)CC1. The average Bonchev–Trinajstić information content (AvgIpc) is 3.28. The number of tetrazole rings is 1.